The summed E-state index contributed by atoms with van der Waals surface area (Å²) in [5.41, 5.74) is 3.65. The van der Waals surface area contributed by atoms with Crippen molar-refractivity contribution in [1.29, 1.82) is 0 Å². The first-order valence-corrected chi connectivity index (χ1v) is 9.08. The third-order valence-electron chi connectivity index (χ3n) is 4.73. The summed E-state index contributed by atoms with van der Waals surface area (Å²) >= 11 is 0. The smallest absolute Gasteiger partial charge is 0.251 e. The van der Waals surface area contributed by atoms with Crippen molar-refractivity contribution in [1.82, 2.24) is 10.3 Å². The number of pyridine rings is 1. The van der Waals surface area contributed by atoms with Crippen LogP contribution in [0.2, 0.25) is 0 Å². The van der Waals surface area contributed by atoms with E-state index in [1.54, 1.807) is 13.2 Å². The van der Waals surface area contributed by atoms with Gasteiger partial charge in [-0.2, -0.15) is 0 Å². The molecular weight excluding hydrogens is 340 g/mol. The molecule has 1 aromatic heterocycles. The summed E-state index contributed by atoms with van der Waals surface area (Å²) in [6, 6.07) is 15.5. The number of nitrogens with one attached hydrogen (secondary N) is 2. The fourth-order valence-corrected chi connectivity index (χ4v) is 3.10. The highest BCUT2D eigenvalue weighted by Crippen LogP contribution is 2.18. The van der Waals surface area contributed by atoms with E-state index in [9.17, 15) is 9.59 Å². The molecule has 0 aliphatic carbocycles. The van der Waals surface area contributed by atoms with Crippen LogP contribution in [0.4, 0.5) is 0 Å². The van der Waals surface area contributed by atoms with Crippen LogP contribution < -0.4 is 15.6 Å². The monoisotopic (exact) mass is 364 g/mol. The zero-order chi connectivity index (χ0) is 19.2. The summed E-state index contributed by atoms with van der Waals surface area (Å²) in [6.45, 7) is 2.49. The number of carbonyl (C=O) groups excluding carboxylic acids is 1. The molecule has 5 heteroatoms. The van der Waals surface area contributed by atoms with Crippen molar-refractivity contribution in [2.24, 2.45) is 0 Å². The Morgan fingerprint density at radius 2 is 1.89 bits per heavy atom. The predicted molar refractivity (Wildman–Crippen MR) is 107 cm³/mol. The number of H-pyrrole nitrogens is 1. The van der Waals surface area contributed by atoms with Crippen LogP contribution in [0.3, 0.4) is 0 Å². The van der Waals surface area contributed by atoms with Crippen LogP contribution >= 0.6 is 0 Å². The van der Waals surface area contributed by atoms with Gasteiger partial charge in [-0.1, -0.05) is 24.3 Å². The van der Waals surface area contributed by atoms with Crippen molar-refractivity contribution in [2.75, 3.05) is 13.7 Å². The second kappa shape index (κ2) is 8.54. The molecule has 0 aliphatic heterocycles. The number of benzene rings is 2. The van der Waals surface area contributed by atoms with E-state index in [1.807, 2.05) is 36.4 Å². The molecule has 1 amide bonds. The Balaban J connectivity index is 1.55. The first-order chi connectivity index (χ1) is 13.1. The molecule has 1 heterocycles. The van der Waals surface area contributed by atoms with Gasteiger partial charge in [0, 0.05) is 24.6 Å². The molecule has 0 saturated heterocycles. The molecule has 0 spiro atoms. The number of hydrogen-bond donors (Lipinski definition) is 2. The zero-order valence-electron chi connectivity index (χ0n) is 15.7. The first kappa shape index (κ1) is 18.7. The van der Waals surface area contributed by atoms with Crippen molar-refractivity contribution >= 4 is 16.8 Å². The van der Waals surface area contributed by atoms with E-state index < -0.39 is 0 Å². The van der Waals surface area contributed by atoms with Crippen molar-refractivity contribution in [3.8, 4) is 5.75 Å². The minimum absolute atomic E-state index is 0.000192. The van der Waals surface area contributed by atoms with E-state index in [2.05, 4.69) is 23.3 Å². The summed E-state index contributed by atoms with van der Waals surface area (Å²) < 4.78 is 5.18. The number of carbonyl (C=O) groups is 1. The normalized spacial score (nSPS) is 10.7. The molecule has 2 aromatic carbocycles. The quantitative estimate of drug-likeness (QED) is 0.677. The van der Waals surface area contributed by atoms with E-state index >= 15 is 0 Å². The number of methoxy groups -OCH3 is 1. The minimum Gasteiger partial charge on any atom is -0.497 e. The highest BCUT2D eigenvalue weighted by atomic mass is 16.5. The minimum atomic E-state index is -0.134. The maximum atomic E-state index is 12.2. The van der Waals surface area contributed by atoms with E-state index in [-0.39, 0.29) is 11.5 Å². The van der Waals surface area contributed by atoms with Crippen LogP contribution in [0.1, 0.15) is 23.1 Å². The zero-order valence-corrected chi connectivity index (χ0v) is 15.7. The van der Waals surface area contributed by atoms with Crippen LogP contribution in [0.25, 0.3) is 10.9 Å². The van der Waals surface area contributed by atoms with Gasteiger partial charge in [-0.25, -0.2) is 0 Å². The molecule has 0 aliphatic rings. The molecule has 2 N–H and O–H groups in total. The van der Waals surface area contributed by atoms with Crippen molar-refractivity contribution in [2.45, 2.75) is 26.2 Å². The van der Waals surface area contributed by atoms with Gasteiger partial charge in [0.25, 0.3) is 5.56 Å². The highest BCUT2D eigenvalue weighted by Gasteiger charge is 2.07. The number of aryl methyl sites for hydroxylation is 2. The van der Waals surface area contributed by atoms with Gasteiger partial charge in [-0.05, 0) is 54.5 Å². The summed E-state index contributed by atoms with van der Waals surface area (Å²) in [6.07, 6.45) is 1.66. The van der Waals surface area contributed by atoms with Crippen LogP contribution in [0.5, 0.6) is 5.75 Å². The molecule has 0 bridgehead atoms. The van der Waals surface area contributed by atoms with Crippen LogP contribution in [0.15, 0.2) is 53.3 Å². The number of amides is 1. The maximum absolute atomic E-state index is 12.2. The molecular formula is C22H24N2O3. The molecule has 0 saturated carbocycles. The fraction of sp³-hybridized carbons (Fsp3) is 0.273. The number of aromatic amines is 1. The number of rotatable bonds is 7. The third kappa shape index (κ3) is 4.76. The summed E-state index contributed by atoms with van der Waals surface area (Å²) in [5, 5.41) is 3.84. The van der Waals surface area contributed by atoms with Gasteiger partial charge >= 0.3 is 0 Å². The number of hydrogen-bond acceptors (Lipinski definition) is 3. The SMILES string of the molecule is COc1ccc2cc(CCNC(=O)CCc3ccccc3C)c(=O)[nH]c2c1. The number of fused-ring (bicyclic) bond motifs is 1. The van der Waals surface area contributed by atoms with Gasteiger partial charge in [0.05, 0.1) is 12.6 Å². The van der Waals surface area contributed by atoms with Crippen molar-refractivity contribution < 1.29 is 9.53 Å². The van der Waals surface area contributed by atoms with Crippen LogP contribution in [-0.4, -0.2) is 24.5 Å². The predicted octanol–water partition coefficient (Wildman–Crippen LogP) is 3.14. The van der Waals surface area contributed by atoms with Gasteiger partial charge in [-0.15, -0.1) is 0 Å². The molecule has 0 fully saturated rings. The Kier molecular flexibility index (Phi) is 5.91. The van der Waals surface area contributed by atoms with E-state index in [1.165, 1.54) is 11.1 Å². The van der Waals surface area contributed by atoms with Crippen molar-refractivity contribution in [3.63, 3.8) is 0 Å². The lowest BCUT2D eigenvalue weighted by Crippen LogP contribution is -2.27. The lowest BCUT2D eigenvalue weighted by atomic mass is 10.0. The molecule has 3 rings (SSSR count). The molecule has 3 aromatic rings. The molecule has 5 nitrogen and oxygen atoms in total. The second-order valence-electron chi connectivity index (χ2n) is 6.60. The van der Waals surface area contributed by atoms with Gasteiger partial charge in [0.2, 0.25) is 5.91 Å². The highest BCUT2D eigenvalue weighted by molar-refractivity contribution is 5.80. The third-order valence-corrected chi connectivity index (χ3v) is 4.73. The Bertz CT molecular complexity index is 1010. The Hall–Kier alpha value is -3.08. The Morgan fingerprint density at radius 1 is 1.07 bits per heavy atom. The van der Waals surface area contributed by atoms with Crippen LogP contribution in [-0.2, 0) is 17.6 Å². The molecule has 140 valence electrons. The maximum Gasteiger partial charge on any atom is 0.251 e. The van der Waals surface area contributed by atoms with Gasteiger partial charge in [-0.3, -0.25) is 9.59 Å². The second-order valence-corrected chi connectivity index (χ2v) is 6.60. The van der Waals surface area contributed by atoms with E-state index in [4.69, 9.17) is 4.74 Å². The lowest BCUT2D eigenvalue weighted by Gasteiger charge is -2.08. The summed E-state index contributed by atoms with van der Waals surface area (Å²) in [7, 11) is 1.59. The van der Waals surface area contributed by atoms with Gasteiger partial charge in [0.15, 0.2) is 0 Å². The van der Waals surface area contributed by atoms with Gasteiger partial charge in [0.1, 0.15) is 5.75 Å². The number of ether oxygens (including phenoxy) is 1. The first-order valence-electron chi connectivity index (χ1n) is 9.08. The molecule has 27 heavy (non-hydrogen) atoms. The lowest BCUT2D eigenvalue weighted by molar-refractivity contribution is -0.121. The fourth-order valence-electron chi connectivity index (χ4n) is 3.10. The Labute approximate surface area is 158 Å². The molecule has 0 atom stereocenters. The summed E-state index contributed by atoms with van der Waals surface area (Å²) in [4.78, 5) is 27.2. The topological polar surface area (TPSA) is 71.2 Å². The average molecular weight is 364 g/mol. The molecule has 0 radical (unpaired) electrons. The van der Waals surface area contributed by atoms with E-state index in [0.29, 0.717) is 30.7 Å². The Morgan fingerprint density at radius 3 is 2.67 bits per heavy atom. The average Bonchev–Trinajstić information content (AvgIpc) is 2.67. The van der Waals surface area contributed by atoms with Crippen LogP contribution in [0, 0.1) is 6.92 Å². The van der Waals surface area contributed by atoms with Gasteiger partial charge < -0.3 is 15.0 Å². The summed E-state index contributed by atoms with van der Waals surface area (Å²) in [5.74, 6) is 0.701. The number of aromatic nitrogens is 1. The molecule has 0 unspecified atom stereocenters. The van der Waals surface area contributed by atoms with E-state index in [0.717, 1.165) is 17.3 Å². The standard InChI is InChI=1S/C22H24N2O3/c1-15-5-3-4-6-16(15)8-10-21(25)23-12-11-18-13-17-7-9-19(27-2)14-20(17)24-22(18)26/h3-7,9,13-14H,8,10-12H2,1-2H3,(H,23,25)(H,24,26). The van der Waals surface area contributed by atoms with Crippen molar-refractivity contribution in [3.05, 3.63) is 75.6 Å². The largest absolute Gasteiger partial charge is 0.497 e.